The summed E-state index contributed by atoms with van der Waals surface area (Å²) in [5, 5.41) is 2.96. The molecule has 1 amide bonds. The predicted octanol–water partition coefficient (Wildman–Crippen LogP) is 2.05. The minimum absolute atomic E-state index is 0.241. The number of nitrogens with one attached hydrogen (secondary N) is 2. The fourth-order valence-electron chi connectivity index (χ4n) is 3.37. The highest BCUT2D eigenvalue weighted by molar-refractivity contribution is 7.92. The maximum atomic E-state index is 12.7. The zero-order valence-electron chi connectivity index (χ0n) is 17.1. The van der Waals surface area contributed by atoms with Gasteiger partial charge >= 0.3 is 0 Å². The van der Waals surface area contributed by atoms with Gasteiger partial charge < -0.3 is 15.1 Å². The molecule has 29 heavy (non-hydrogen) atoms. The Morgan fingerprint density at radius 1 is 1.07 bits per heavy atom. The fourth-order valence-corrected chi connectivity index (χ4v) is 3.99. The lowest BCUT2D eigenvalue weighted by Crippen LogP contribution is -2.45. The summed E-state index contributed by atoms with van der Waals surface area (Å²) in [6.07, 6.45) is 1.09. The van der Waals surface area contributed by atoms with Crippen molar-refractivity contribution in [3.63, 3.8) is 0 Å². The molecule has 156 valence electrons. The summed E-state index contributed by atoms with van der Waals surface area (Å²) in [7, 11) is -1.29. The van der Waals surface area contributed by atoms with Crippen molar-refractivity contribution in [1.82, 2.24) is 10.2 Å². The summed E-state index contributed by atoms with van der Waals surface area (Å²) >= 11 is 0. The standard InChI is InChI=1S/C21H28N4O3S/c1-16-8-9-17(14-19(16)23-29(3,27)28)21(26)22-15-18-6-4-5-7-20(18)25-12-10-24(2)11-13-25/h4-9,14,23H,10-13,15H2,1-3H3,(H,22,26). The molecule has 0 bridgehead atoms. The maximum absolute atomic E-state index is 12.7. The van der Waals surface area contributed by atoms with E-state index in [9.17, 15) is 13.2 Å². The Hall–Kier alpha value is -2.58. The molecule has 8 heteroatoms. The lowest BCUT2D eigenvalue weighted by Gasteiger charge is -2.35. The van der Waals surface area contributed by atoms with Crippen molar-refractivity contribution in [2.45, 2.75) is 13.5 Å². The molecule has 0 atom stereocenters. The average Bonchev–Trinajstić information content (AvgIpc) is 2.68. The molecule has 0 spiro atoms. The molecule has 0 radical (unpaired) electrons. The smallest absolute Gasteiger partial charge is 0.251 e. The first kappa shape index (κ1) is 21.1. The van der Waals surface area contributed by atoms with E-state index in [1.807, 2.05) is 18.2 Å². The van der Waals surface area contributed by atoms with E-state index >= 15 is 0 Å². The molecule has 2 N–H and O–H groups in total. The lowest BCUT2D eigenvalue weighted by molar-refractivity contribution is 0.0951. The quantitative estimate of drug-likeness (QED) is 0.753. The number of anilines is 2. The number of hydrogen-bond acceptors (Lipinski definition) is 5. The first-order valence-corrected chi connectivity index (χ1v) is 11.5. The van der Waals surface area contributed by atoms with Gasteiger partial charge in [-0.25, -0.2) is 8.42 Å². The molecule has 0 unspecified atom stereocenters. The van der Waals surface area contributed by atoms with Crippen LogP contribution < -0.4 is 14.9 Å². The van der Waals surface area contributed by atoms with Crippen molar-refractivity contribution in [1.29, 1.82) is 0 Å². The van der Waals surface area contributed by atoms with Gasteiger partial charge in [0.1, 0.15) is 0 Å². The molecule has 3 rings (SSSR count). The number of piperazine rings is 1. The van der Waals surface area contributed by atoms with Crippen LogP contribution in [0.1, 0.15) is 21.5 Å². The molecule has 0 aliphatic carbocycles. The molecule has 1 aliphatic rings. The zero-order chi connectivity index (χ0) is 21.0. The van der Waals surface area contributed by atoms with E-state index in [1.165, 1.54) is 0 Å². The van der Waals surface area contributed by atoms with Crippen LogP contribution in [0.5, 0.6) is 0 Å². The van der Waals surface area contributed by atoms with E-state index in [0.29, 0.717) is 17.8 Å². The van der Waals surface area contributed by atoms with E-state index in [4.69, 9.17) is 0 Å². The molecular weight excluding hydrogens is 388 g/mol. The van der Waals surface area contributed by atoms with E-state index in [1.54, 1.807) is 25.1 Å². The average molecular weight is 417 g/mol. The Morgan fingerprint density at radius 3 is 2.45 bits per heavy atom. The van der Waals surface area contributed by atoms with E-state index < -0.39 is 10.0 Å². The number of carbonyl (C=O) groups is 1. The Kier molecular flexibility index (Phi) is 6.44. The van der Waals surface area contributed by atoms with Crippen LogP contribution in [0.25, 0.3) is 0 Å². The van der Waals surface area contributed by atoms with Gasteiger partial charge in [0, 0.05) is 44.0 Å². The second-order valence-electron chi connectivity index (χ2n) is 7.51. The topological polar surface area (TPSA) is 81.8 Å². The van der Waals surface area contributed by atoms with Gasteiger partial charge in [0.05, 0.1) is 11.9 Å². The van der Waals surface area contributed by atoms with Crippen molar-refractivity contribution in [3.05, 3.63) is 59.2 Å². The van der Waals surface area contributed by atoms with Crippen molar-refractivity contribution < 1.29 is 13.2 Å². The SMILES string of the molecule is Cc1ccc(C(=O)NCc2ccccc2N2CCN(C)CC2)cc1NS(C)(=O)=O. The molecule has 0 saturated carbocycles. The van der Waals surface area contributed by atoms with Gasteiger partial charge in [-0.2, -0.15) is 0 Å². The predicted molar refractivity (Wildman–Crippen MR) is 117 cm³/mol. The minimum atomic E-state index is -3.41. The van der Waals surface area contributed by atoms with Crippen LogP contribution in [0.4, 0.5) is 11.4 Å². The summed E-state index contributed by atoms with van der Waals surface area (Å²) in [5.41, 5.74) is 3.79. The number of amides is 1. The van der Waals surface area contributed by atoms with E-state index in [0.717, 1.165) is 49.2 Å². The van der Waals surface area contributed by atoms with Gasteiger partial charge in [-0.15, -0.1) is 0 Å². The molecule has 7 nitrogen and oxygen atoms in total. The third-order valence-corrected chi connectivity index (χ3v) is 5.66. The minimum Gasteiger partial charge on any atom is -0.369 e. The van der Waals surface area contributed by atoms with Crippen molar-refractivity contribution in [3.8, 4) is 0 Å². The van der Waals surface area contributed by atoms with Crippen molar-refractivity contribution in [2.75, 3.05) is 49.1 Å². The first-order chi connectivity index (χ1) is 13.7. The van der Waals surface area contributed by atoms with Gasteiger partial charge in [0.2, 0.25) is 10.0 Å². The summed E-state index contributed by atoms with van der Waals surface area (Å²) in [4.78, 5) is 17.3. The lowest BCUT2D eigenvalue weighted by atomic mass is 10.1. The van der Waals surface area contributed by atoms with Gasteiger partial charge in [0.25, 0.3) is 5.91 Å². The van der Waals surface area contributed by atoms with Crippen molar-refractivity contribution >= 4 is 27.3 Å². The summed E-state index contributed by atoms with van der Waals surface area (Å²) in [5.74, 6) is -0.241. The van der Waals surface area contributed by atoms with E-state index in [-0.39, 0.29) is 5.91 Å². The van der Waals surface area contributed by atoms with Gasteiger partial charge in [-0.05, 0) is 43.3 Å². The van der Waals surface area contributed by atoms with Crippen LogP contribution in [-0.4, -0.2) is 58.7 Å². The molecule has 1 aliphatic heterocycles. The number of hydrogen-bond donors (Lipinski definition) is 2. The monoisotopic (exact) mass is 416 g/mol. The Morgan fingerprint density at radius 2 is 1.76 bits per heavy atom. The highest BCUT2D eigenvalue weighted by Crippen LogP contribution is 2.22. The van der Waals surface area contributed by atoms with Crippen LogP contribution in [0.2, 0.25) is 0 Å². The van der Waals surface area contributed by atoms with Crippen LogP contribution in [0.3, 0.4) is 0 Å². The molecule has 1 saturated heterocycles. The normalized spacial score (nSPS) is 15.2. The second-order valence-corrected chi connectivity index (χ2v) is 9.25. The summed E-state index contributed by atoms with van der Waals surface area (Å²) < 4.78 is 25.5. The van der Waals surface area contributed by atoms with Gasteiger partial charge in [-0.1, -0.05) is 24.3 Å². The molecule has 2 aromatic carbocycles. The fraction of sp³-hybridized carbons (Fsp3) is 0.381. The Balaban J connectivity index is 1.71. The molecular formula is C21H28N4O3S. The second kappa shape index (κ2) is 8.84. The number of benzene rings is 2. The van der Waals surface area contributed by atoms with Gasteiger partial charge in [0.15, 0.2) is 0 Å². The number of carbonyl (C=O) groups excluding carboxylic acids is 1. The molecule has 2 aromatic rings. The number of rotatable bonds is 6. The maximum Gasteiger partial charge on any atom is 0.251 e. The number of sulfonamides is 1. The van der Waals surface area contributed by atoms with Crippen LogP contribution >= 0.6 is 0 Å². The Bertz CT molecular complexity index is 983. The largest absolute Gasteiger partial charge is 0.369 e. The first-order valence-electron chi connectivity index (χ1n) is 9.61. The van der Waals surface area contributed by atoms with Crippen LogP contribution in [0.15, 0.2) is 42.5 Å². The number of nitrogens with zero attached hydrogens (tertiary/aromatic N) is 2. The van der Waals surface area contributed by atoms with Crippen molar-refractivity contribution in [2.24, 2.45) is 0 Å². The molecule has 1 fully saturated rings. The third kappa shape index (κ3) is 5.71. The van der Waals surface area contributed by atoms with Crippen LogP contribution in [0, 0.1) is 6.92 Å². The highest BCUT2D eigenvalue weighted by atomic mass is 32.2. The van der Waals surface area contributed by atoms with E-state index in [2.05, 4.69) is 33.0 Å². The number of likely N-dealkylation sites (N-methyl/N-ethyl adjacent to an activating group) is 1. The Labute approximate surface area is 172 Å². The van der Waals surface area contributed by atoms with Gasteiger partial charge in [-0.3, -0.25) is 9.52 Å². The third-order valence-electron chi connectivity index (χ3n) is 5.07. The number of para-hydroxylation sites is 1. The number of aryl methyl sites for hydroxylation is 1. The molecule has 1 heterocycles. The highest BCUT2D eigenvalue weighted by Gasteiger charge is 2.17. The molecule has 0 aromatic heterocycles. The summed E-state index contributed by atoms with van der Waals surface area (Å²) in [6.45, 7) is 6.14. The zero-order valence-corrected chi connectivity index (χ0v) is 17.9. The van der Waals surface area contributed by atoms with Crippen LogP contribution in [-0.2, 0) is 16.6 Å². The summed E-state index contributed by atoms with van der Waals surface area (Å²) in [6, 6.07) is 13.1.